The largest absolute Gasteiger partial charge is 0.326 e. The molecular formula is C14H7Cl4FN2O2. The monoisotopic (exact) mass is 394 g/mol. The summed E-state index contributed by atoms with van der Waals surface area (Å²) >= 11 is 23.2. The standard InChI is InChI=1S/C14H7Cl4FN2O2/c15-7-2-1-3-10(19)11(7)13(22)21-14(23)20-6-4-8(16)12(18)9(17)5-6/h1-5H,(H2,20,21,22,23). The molecule has 2 aromatic rings. The van der Waals surface area contributed by atoms with Crippen molar-refractivity contribution in [3.8, 4) is 0 Å². The Morgan fingerprint density at radius 2 is 1.57 bits per heavy atom. The van der Waals surface area contributed by atoms with Gasteiger partial charge in [-0.2, -0.15) is 0 Å². The van der Waals surface area contributed by atoms with E-state index in [1.54, 1.807) is 0 Å². The smallest absolute Gasteiger partial charge is 0.308 e. The van der Waals surface area contributed by atoms with Crippen LogP contribution >= 0.6 is 46.4 Å². The zero-order chi connectivity index (χ0) is 17.1. The number of carbonyl (C=O) groups excluding carboxylic acids is 2. The first-order chi connectivity index (χ1) is 10.8. The molecule has 2 rings (SSSR count). The number of hydrogen-bond donors (Lipinski definition) is 2. The van der Waals surface area contributed by atoms with Gasteiger partial charge in [-0.25, -0.2) is 9.18 Å². The lowest BCUT2D eigenvalue weighted by molar-refractivity contribution is 0.0963. The minimum atomic E-state index is -0.989. The van der Waals surface area contributed by atoms with Gasteiger partial charge in [0.2, 0.25) is 0 Å². The molecule has 0 saturated heterocycles. The van der Waals surface area contributed by atoms with Crippen molar-refractivity contribution >= 4 is 64.0 Å². The van der Waals surface area contributed by atoms with Crippen molar-refractivity contribution in [2.75, 3.05) is 5.32 Å². The van der Waals surface area contributed by atoms with Gasteiger partial charge in [-0.3, -0.25) is 10.1 Å². The highest BCUT2D eigenvalue weighted by molar-refractivity contribution is 6.48. The Morgan fingerprint density at radius 3 is 2.13 bits per heavy atom. The topological polar surface area (TPSA) is 58.2 Å². The van der Waals surface area contributed by atoms with E-state index in [2.05, 4.69) is 5.32 Å². The third-order valence-electron chi connectivity index (χ3n) is 2.66. The van der Waals surface area contributed by atoms with Crippen molar-refractivity contribution < 1.29 is 14.0 Å². The fourth-order valence-corrected chi connectivity index (χ4v) is 2.52. The van der Waals surface area contributed by atoms with Crippen LogP contribution in [0.4, 0.5) is 14.9 Å². The summed E-state index contributed by atoms with van der Waals surface area (Å²) in [6.45, 7) is 0. The molecule has 0 aliphatic rings. The fraction of sp³-hybridized carbons (Fsp3) is 0. The Kier molecular flexibility index (Phi) is 5.70. The summed E-state index contributed by atoms with van der Waals surface area (Å²) in [5, 5.41) is 4.54. The Hall–Kier alpha value is -1.53. The van der Waals surface area contributed by atoms with E-state index >= 15 is 0 Å². The molecule has 2 aromatic carbocycles. The molecule has 0 saturated carbocycles. The summed E-state index contributed by atoms with van der Waals surface area (Å²) in [7, 11) is 0. The van der Waals surface area contributed by atoms with Gasteiger partial charge in [0.25, 0.3) is 5.91 Å². The predicted molar refractivity (Wildman–Crippen MR) is 89.4 cm³/mol. The number of benzene rings is 2. The molecule has 0 atom stereocenters. The van der Waals surface area contributed by atoms with Gasteiger partial charge in [0, 0.05) is 5.69 Å². The van der Waals surface area contributed by atoms with E-state index in [4.69, 9.17) is 46.4 Å². The molecule has 23 heavy (non-hydrogen) atoms. The minimum absolute atomic E-state index is 0.118. The highest BCUT2D eigenvalue weighted by Crippen LogP contribution is 2.33. The number of imide groups is 1. The van der Waals surface area contributed by atoms with Gasteiger partial charge in [-0.1, -0.05) is 52.5 Å². The normalized spacial score (nSPS) is 10.3. The van der Waals surface area contributed by atoms with Crippen LogP contribution in [0.3, 0.4) is 0 Å². The van der Waals surface area contributed by atoms with Crippen LogP contribution in [-0.4, -0.2) is 11.9 Å². The van der Waals surface area contributed by atoms with Crippen molar-refractivity contribution in [1.82, 2.24) is 5.32 Å². The van der Waals surface area contributed by atoms with Crippen LogP contribution in [0.1, 0.15) is 10.4 Å². The number of anilines is 1. The van der Waals surface area contributed by atoms with E-state index < -0.39 is 23.3 Å². The summed E-state index contributed by atoms with van der Waals surface area (Å²) in [4.78, 5) is 23.7. The van der Waals surface area contributed by atoms with Crippen molar-refractivity contribution in [1.29, 1.82) is 0 Å². The number of rotatable bonds is 2. The zero-order valence-corrected chi connectivity index (χ0v) is 14.1. The van der Waals surface area contributed by atoms with Gasteiger partial charge in [-0.05, 0) is 24.3 Å². The summed E-state index contributed by atoms with van der Waals surface area (Å²) in [6, 6.07) is 5.50. The summed E-state index contributed by atoms with van der Waals surface area (Å²) < 4.78 is 13.6. The van der Waals surface area contributed by atoms with Crippen molar-refractivity contribution in [3.05, 3.63) is 61.8 Å². The summed E-state index contributed by atoms with van der Waals surface area (Å²) in [5.41, 5.74) is -0.231. The van der Waals surface area contributed by atoms with Crippen LogP contribution in [-0.2, 0) is 0 Å². The Morgan fingerprint density at radius 1 is 0.957 bits per heavy atom. The highest BCUT2D eigenvalue weighted by atomic mass is 35.5. The van der Waals surface area contributed by atoms with E-state index in [1.165, 1.54) is 24.3 Å². The second-order valence-corrected chi connectivity index (χ2v) is 5.86. The van der Waals surface area contributed by atoms with E-state index in [0.717, 1.165) is 6.07 Å². The fourth-order valence-electron chi connectivity index (χ4n) is 1.67. The molecule has 0 radical (unpaired) electrons. The van der Waals surface area contributed by atoms with Gasteiger partial charge < -0.3 is 5.32 Å². The number of amides is 3. The van der Waals surface area contributed by atoms with E-state index in [9.17, 15) is 14.0 Å². The quantitative estimate of drug-likeness (QED) is 0.668. The minimum Gasteiger partial charge on any atom is -0.308 e. The second-order valence-electron chi connectivity index (χ2n) is 4.26. The van der Waals surface area contributed by atoms with E-state index in [0.29, 0.717) is 0 Å². The van der Waals surface area contributed by atoms with Crippen LogP contribution < -0.4 is 10.6 Å². The first-order valence-electron chi connectivity index (χ1n) is 6.00. The maximum atomic E-state index is 13.6. The van der Waals surface area contributed by atoms with Crippen LogP contribution in [0.15, 0.2) is 30.3 Å². The predicted octanol–water partition coefficient (Wildman–Crippen LogP) is 5.40. The molecule has 3 amide bonds. The number of nitrogens with one attached hydrogen (secondary N) is 2. The van der Waals surface area contributed by atoms with Crippen molar-refractivity contribution in [3.63, 3.8) is 0 Å². The molecule has 0 bridgehead atoms. The van der Waals surface area contributed by atoms with E-state index in [1.807, 2.05) is 5.32 Å². The summed E-state index contributed by atoms with van der Waals surface area (Å²) in [6.07, 6.45) is 0. The molecule has 0 heterocycles. The summed E-state index contributed by atoms with van der Waals surface area (Å²) in [5.74, 6) is -1.84. The molecule has 4 nitrogen and oxygen atoms in total. The molecule has 0 aliphatic carbocycles. The molecule has 2 N–H and O–H groups in total. The lowest BCUT2D eigenvalue weighted by Gasteiger charge is -2.09. The van der Waals surface area contributed by atoms with Crippen LogP contribution in [0.2, 0.25) is 20.1 Å². The van der Waals surface area contributed by atoms with Crippen LogP contribution in [0, 0.1) is 5.82 Å². The van der Waals surface area contributed by atoms with Gasteiger partial charge in [0.15, 0.2) is 0 Å². The maximum Gasteiger partial charge on any atom is 0.326 e. The lowest BCUT2D eigenvalue weighted by Crippen LogP contribution is -2.35. The number of halogens is 5. The molecule has 120 valence electrons. The van der Waals surface area contributed by atoms with Crippen LogP contribution in [0.5, 0.6) is 0 Å². The molecule has 0 fully saturated rings. The lowest BCUT2D eigenvalue weighted by atomic mass is 10.2. The number of urea groups is 1. The van der Waals surface area contributed by atoms with Gasteiger partial charge in [0.1, 0.15) is 5.82 Å². The molecule has 0 unspecified atom stereocenters. The van der Waals surface area contributed by atoms with Crippen molar-refractivity contribution in [2.24, 2.45) is 0 Å². The van der Waals surface area contributed by atoms with Crippen LogP contribution in [0.25, 0.3) is 0 Å². The molecule has 0 aromatic heterocycles. The zero-order valence-electron chi connectivity index (χ0n) is 11.1. The van der Waals surface area contributed by atoms with Gasteiger partial charge in [0.05, 0.1) is 25.7 Å². The first-order valence-corrected chi connectivity index (χ1v) is 7.51. The Bertz CT molecular complexity index is 755. The SMILES string of the molecule is O=C(NC(=O)c1c(F)cccc1Cl)Nc1cc(Cl)c(Cl)c(Cl)c1. The first kappa shape index (κ1) is 17.8. The molecule has 0 spiro atoms. The third kappa shape index (κ3) is 4.26. The highest BCUT2D eigenvalue weighted by Gasteiger charge is 2.18. The van der Waals surface area contributed by atoms with Gasteiger partial charge >= 0.3 is 6.03 Å². The average molecular weight is 396 g/mol. The second kappa shape index (κ2) is 7.36. The number of carbonyl (C=O) groups is 2. The Balaban J connectivity index is 2.12. The molecular weight excluding hydrogens is 389 g/mol. The van der Waals surface area contributed by atoms with E-state index in [-0.39, 0.29) is 25.8 Å². The number of hydrogen-bond acceptors (Lipinski definition) is 2. The average Bonchev–Trinajstić information content (AvgIpc) is 2.44. The van der Waals surface area contributed by atoms with Gasteiger partial charge in [-0.15, -0.1) is 0 Å². The van der Waals surface area contributed by atoms with Crippen molar-refractivity contribution in [2.45, 2.75) is 0 Å². The molecule has 9 heteroatoms. The maximum absolute atomic E-state index is 13.6. The third-order valence-corrected chi connectivity index (χ3v) is 4.17. The Labute approximate surface area is 150 Å². The molecule has 0 aliphatic heterocycles.